The summed E-state index contributed by atoms with van der Waals surface area (Å²) in [5, 5.41) is 0.663. The molecule has 0 atom stereocenters. The van der Waals surface area contributed by atoms with E-state index in [0.29, 0.717) is 36.0 Å². The van der Waals surface area contributed by atoms with Crippen molar-refractivity contribution >= 4 is 17.5 Å². The van der Waals surface area contributed by atoms with Crippen molar-refractivity contribution in [3.63, 3.8) is 0 Å². The van der Waals surface area contributed by atoms with Crippen molar-refractivity contribution in [1.82, 2.24) is 14.5 Å². The third-order valence-corrected chi connectivity index (χ3v) is 4.82. The molecule has 3 aromatic rings. The number of hydrogen-bond donors (Lipinski definition) is 0. The summed E-state index contributed by atoms with van der Waals surface area (Å²) in [6, 6.07) is 9.24. The molecule has 1 aliphatic heterocycles. The summed E-state index contributed by atoms with van der Waals surface area (Å²) in [6.45, 7) is 5.39. The summed E-state index contributed by atoms with van der Waals surface area (Å²) in [5.74, 6) is 8.49. The molecule has 136 valence electrons. The first-order valence-corrected chi connectivity index (χ1v) is 9.07. The van der Waals surface area contributed by atoms with Gasteiger partial charge in [0.05, 0.1) is 18.3 Å². The van der Waals surface area contributed by atoms with E-state index in [1.165, 1.54) is 0 Å². The Hall–Kier alpha value is -2.97. The minimum absolute atomic E-state index is 0.0230. The van der Waals surface area contributed by atoms with Gasteiger partial charge in [-0.15, -0.1) is 0 Å². The van der Waals surface area contributed by atoms with Gasteiger partial charge in [0.1, 0.15) is 23.0 Å². The Labute approximate surface area is 162 Å². The molecule has 0 fully saturated rings. The molecule has 5 nitrogen and oxygen atoms in total. The fraction of sp³-hybridized carbons (Fsp3) is 0.238. The number of benzene rings is 1. The lowest BCUT2D eigenvalue weighted by molar-refractivity contribution is 0.0705. The molecule has 1 aromatic carbocycles. The molecule has 6 heteroatoms. The zero-order chi connectivity index (χ0) is 19.0. The fourth-order valence-electron chi connectivity index (χ4n) is 3.25. The molecule has 3 heterocycles. The maximum Gasteiger partial charge on any atom is 0.257 e. The van der Waals surface area contributed by atoms with Crippen LogP contribution in [0.25, 0.3) is 0 Å². The second kappa shape index (κ2) is 6.98. The minimum atomic E-state index is -0.0230. The highest BCUT2D eigenvalue weighted by Crippen LogP contribution is 2.20. The largest absolute Gasteiger partial charge is 0.466 e. The van der Waals surface area contributed by atoms with E-state index >= 15 is 0 Å². The van der Waals surface area contributed by atoms with Crippen LogP contribution >= 0.6 is 11.6 Å². The summed E-state index contributed by atoms with van der Waals surface area (Å²) < 4.78 is 7.55. The monoisotopic (exact) mass is 379 g/mol. The Morgan fingerprint density at radius 2 is 2.07 bits per heavy atom. The van der Waals surface area contributed by atoms with Crippen LogP contribution in [0.1, 0.15) is 39.0 Å². The van der Waals surface area contributed by atoms with Crippen LogP contribution in [-0.4, -0.2) is 26.9 Å². The van der Waals surface area contributed by atoms with E-state index in [1.807, 2.05) is 38.1 Å². The molecule has 0 bridgehead atoms. The summed E-state index contributed by atoms with van der Waals surface area (Å²) in [4.78, 5) is 19.0. The van der Waals surface area contributed by atoms with Gasteiger partial charge in [-0.1, -0.05) is 23.6 Å². The van der Waals surface area contributed by atoms with E-state index < -0.39 is 0 Å². The molecule has 0 saturated carbocycles. The van der Waals surface area contributed by atoms with Crippen molar-refractivity contribution in [2.75, 3.05) is 6.54 Å². The van der Waals surface area contributed by atoms with E-state index in [0.717, 1.165) is 22.8 Å². The zero-order valence-corrected chi connectivity index (χ0v) is 15.9. The number of carbonyl (C=O) groups excluding carboxylic acids is 1. The topological polar surface area (TPSA) is 51.3 Å². The first-order chi connectivity index (χ1) is 13.0. The van der Waals surface area contributed by atoms with E-state index in [1.54, 1.807) is 17.2 Å². The van der Waals surface area contributed by atoms with Crippen LogP contribution in [-0.2, 0) is 13.1 Å². The summed E-state index contributed by atoms with van der Waals surface area (Å²) in [5.41, 5.74) is 2.32. The van der Waals surface area contributed by atoms with Gasteiger partial charge in [-0.2, -0.15) is 0 Å². The van der Waals surface area contributed by atoms with E-state index in [4.69, 9.17) is 16.0 Å². The lowest BCUT2D eigenvalue weighted by atomic mass is 10.2. The van der Waals surface area contributed by atoms with Crippen molar-refractivity contribution in [3.8, 4) is 11.8 Å². The highest BCUT2D eigenvalue weighted by molar-refractivity contribution is 6.30. The maximum absolute atomic E-state index is 12.8. The van der Waals surface area contributed by atoms with Crippen LogP contribution < -0.4 is 0 Å². The van der Waals surface area contributed by atoms with Gasteiger partial charge in [-0.25, -0.2) is 4.98 Å². The minimum Gasteiger partial charge on any atom is -0.466 e. The number of imidazole rings is 1. The number of aryl methyl sites for hydroxylation is 2. The third-order valence-electron chi connectivity index (χ3n) is 4.58. The standard InChI is InChI=1S/C21H18ClN3O2/c1-14-10-19(15(2)27-14)21(26)24-8-9-25-18(12-23-20(25)13-24)7-6-16-4-3-5-17(22)11-16/h3-5,10-12H,8-9,13H2,1-2H3. The number of amides is 1. The molecule has 0 spiro atoms. The highest BCUT2D eigenvalue weighted by atomic mass is 35.5. The van der Waals surface area contributed by atoms with Gasteiger partial charge in [-0.3, -0.25) is 4.79 Å². The fourth-order valence-corrected chi connectivity index (χ4v) is 3.44. The number of fused-ring (bicyclic) bond motifs is 1. The molecule has 0 N–H and O–H groups in total. The molecule has 27 heavy (non-hydrogen) atoms. The van der Waals surface area contributed by atoms with E-state index in [9.17, 15) is 4.79 Å². The highest BCUT2D eigenvalue weighted by Gasteiger charge is 2.26. The maximum atomic E-state index is 12.8. The number of carbonyl (C=O) groups is 1. The van der Waals surface area contributed by atoms with Crippen molar-refractivity contribution in [1.29, 1.82) is 0 Å². The molecule has 0 saturated heterocycles. The molecular weight excluding hydrogens is 362 g/mol. The summed E-state index contributed by atoms with van der Waals surface area (Å²) in [6.07, 6.45) is 1.76. The number of nitrogens with zero attached hydrogens (tertiary/aromatic N) is 3. The first kappa shape index (κ1) is 17.4. The predicted octanol–water partition coefficient (Wildman–Crippen LogP) is 3.80. The first-order valence-electron chi connectivity index (χ1n) is 8.69. The van der Waals surface area contributed by atoms with Crippen LogP contribution in [0.2, 0.25) is 5.02 Å². The van der Waals surface area contributed by atoms with Crippen LogP contribution in [0.15, 0.2) is 40.9 Å². The van der Waals surface area contributed by atoms with Crippen LogP contribution in [0.5, 0.6) is 0 Å². The lowest BCUT2D eigenvalue weighted by Crippen LogP contribution is -2.38. The second-order valence-corrected chi connectivity index (χ2v) is 6.96. The third kappa shape index (κ3) is 3.49. The average Bonchev–Trinajstić information content (AvgIpc) is 3.21. The van der Waals surface area contributed by atoms with Gasteiger partial charge in [-0.05, 0) is 44.0 Å². The van der Waals surface area contributed by atoms with Gasteiger partial charge in [0.15, 0.2) is 0 Å². The van der Waals surface area contributed by atoms with Crippen molar-refractivity contribution in [2.45, 2.75) is 26.9 Å². The van der Waals surface area contributed by atoms with Crippen molar-refractivity contribution in [3.05, 3.63) is 75.7 Å². The van der Waals surface area contributed by atoms with Gasteiger partial charge < -0.3 is 13.9 Å². The Kier molecular flexibility index (Phi) is 4.51. The van der Waals surface area contributed by atoms with Crippen molar-refractivity contribution < 1.29 is 9.21 Å². The number of aromatic nitrogens is 2. The average molecular weight is 380 g/mol. The Morgan fingerprint density at radius 3 is 2.81 bits per heavy atom. The Morgan fingerprint density at radius 1 is 1.22 bits per heavy atom. The number of furan rings is 1. The molecule has 0 radical (unpaired) electrons. The predicted molar refractivity (Wildman–Crippen MR) is 103 cm³/mol. The van der Waals surface area contributed by atoms with Gasteiger partial charge in [0.25, 0.3) is 5.91 Å². The molecule has 1 aliphatic rings. The molecule has 4 rings (SSSR count). The normalized spacial score (nSPS) is 13.1. The molecule has 0 unspecified atom stereocenters. The van der Waals surface area contributed by atoms with Crippen LogP contribution in [0.4, 0.5) is 0 Å². The Bertz CT molecular complexity index is 1080. The van der Waals surface area contributed by atoms with Gasteiger partial charge in [0.2, 0.25) is 0 Å². The van der Waals surface area contributed by atoms with Crippen LogP contribution in [0.3, 0.4) is 0 Å². The number of halogens is 1. The number of hydrogen-bond acceptors (Lipinski definition) is 3. The van der Waals surface area contributed by atoms with Crippen LogP contribution in [0, 0.1) is 25.7 Å². The summed E-state index contributed by atoms with van der Waals surface area (Å²) in [7, 11) is 0. The Balaban J connectivity index is 1.54. The SMILES string of the molecule is Cc1cc(C(=O)N2CCn3c(C#Cc4cccc(Cl)c4)cnc3C2)c(C)o1. The molecule has 2 aromatic heterocycles. The quantitative estimate of drug-likeness (QED) is 0.604. The zero-order valence-electron chi connectivity index (χ0n) is 15.1. The van der Waals surface area contributed by atoms with E-state index in [2.05, 4.69) is 21.4 Å². The lowest BCUT2D eigenvalue weighted by Gasteiger charge is -2.28. The smallest absolute Gasteiger partial charge is 0.257 e. The second-order valence-electron chi connectivity index (χ2n) is 6.53. The van der Waals surface area contributed by atoms with Crippen molar-refractivity contribution in [2.24, 2.45) is 0 Å². The van der Waals surface area contributed by atoms with Gasteiger partial charge in [0, 0.05) is 23.7 Å². The van der Waals surface area contributed by atoms with Gasteiger partial charge >= 0.3 is 0 Å². The van der Waals surface area contributed by atoms with E-state index in [-0.39, 0.29) is 5.91 Å². The molecule has 0 aliphatic carbocycles. The number of rotatable bonds is 1. The molecule has 1 amide bonds. The summed E-state index contributed by atoms with van der Waals surface area (Å²) >= 11 is 6.00. The molecular formula is C21H18ClN3O2.